The Morgan fingerprint density at radius 2 is 1.85 bits per heavy atom. The number of hydrogen-bond donors (Lipinski definition) is 0. The molecule has 0 radical (unpaired) electrons. The molecule has 0 amide bonds. The molecule has 0 bridgehead atoms. The molecule has 0 fully saturated rings. The van der Waals surface area contributed by atoms with E-state index in [0.29, 0.717) is 6.42 Å². The molecule has 0 aliphatic carbocycles. The molecule has 0 saturated heterocycles. The Morgan fingerprint density at radius 1 is 1.30 bits per heavy atom. The first-order valence-electron chi connectivity index (χ1n) is 7.14. The summed E-state index contributed by atoms with van der Waals surface area (Å²) in [5.74, 6) is -0.247. The molecule has 0 heterocycles. The van der Waals surface area contributed by atoms with Gasteiger partial charge < -0.3 is 9.16 Å². The second kappa shape index (κ2) is 7.79. The van der Waals surface area contributed by atoms with Gasteiger partial charge in [0.2, 0.25) is 0 Å². The molecule has 0 aromatic carbocycles. The zero-order valence-corrected chi connectivity index (χ0v) is 14.9. The molecule has 116 valence electrons. The third-order valence-electron chi connectivity index (χ3n) is 3.71. The largest absolute Gasteiger partial charge is 0.462 e. The molecule has 0 aromatic heterocycles. The maximum atomic E-state index is 11.9. The molecular weight excluding hydrogens is 268 g/mol. The lowest BCUT2D eigenvalue weighted by Gasteiger charge is -2.38. The summed E-state index contributed by atoms with van der Waals surface area (Å²) in [6.07, 6.45) is 3.90. The molecule has 3 nitrogen and oxygen atoms in total. The third-order valence-corrected chi connectivity index (χ3v) is 8.22. The standard InChI is InChI=1S/C16H30O3Si/c1-9-11-13(3)18-15(17)12-14(10-2)19-20(7,8)16(4,5)6/h9-10,13-14H,1-2,11-12H2,3-8H3/t13-,14+/m1/s1. The summed E-state index contributed by atoms with van der Waals surface area (Å²) in [6, 6.07) is 0. The number of hydrogen-bond acceptors (Lipinski definition) is 3. The fraction of sp³-hybridized carbons (Fsp3) is 0.688. The SMILES string of the molecule is C=CC[C@@H](C)OC(=O)C[C@H](C=C)O[Si](C)(C)C(C)(C)C. The van der Waals surface area contributed by atoms with Crippen molar-refractivity contribution in [3.63, 3.8) is 0 Å². The Kier molecular flexibility index (Phi) is 7.45. The van der Waals surface area contributed by atoms with E-state index in [9.17, 15) is 4.79 Å². The number of esters is 1. The zero-order chi connectivity index (χ0) is 16.0. The summed E-state index contributed by atoms with van der Waals surface area (Å²) < 4.78 is 11.5. The van der Waals surface area contributed by atoms with Crippen LogP contribution in [0.25, 0.3) is 0 Å². The van der Waals surface area contributed by atoms with Crippen LogP contribution in [0.1, 0.15) is 40.5 Å². The highest BCUT2D eigenvalue weighted by Crippen LogP contribution is 2.37. The van der Waals surface area contributed by atoms with Crippen molar-refractivity contribution in [2.75, 3.05) is 0 Å². The fourth-order valence-electron chi connectivity index (χ4n) is 1.45. The molecule has 0 aromatic rings. The van der Waals surface area contributed by atoms with Gasteiger partial charge in [0.15, 0.2) is 8.32 Å². The van der Waals surface area contributed by atoms with Crippen molar-refractivity contribution in [1.29, 1.82) is 0 Å². The van der Waals surface area contributed by atoms with E-state index in [1.165, 1.54) is 0 Å². The van der Waals surface area contributed by atoms with Crippen LogP contribution in [-0.2, 0) is 14.0 Å². The van der Waals surface area contributed by atoms with Gasteiger partial charge in [0.25, 0.3) is 0 Å². The van der Waals surface area contributed by atoms with E-state index in [0.717, 1.165) is 0 Å². The van der Waals surface area contributed by atoms with Gasteiger partial charge in [-0.2, -0.15) is 0 Å². The maximum absolute atomic E-state index is 11.9. The van der Waals surface area contributed by atoms with E-state index in [-0.39, 0.29) is 29.6 Å². The Balaban J connectivity index is 4.53. The fourth-order valence-corrected chi connectivity index (χ4v) is 2.74. The Bertz CT molecular complexity index is 342. The molecule has 2 atom stereocenters. The van der Waals surface area contributed by atoms with Crippen LogP contribution >= 0.6 is 0 Å². The van der Waals surface area contributed by atoms with Crippen molar-refractivity contribution in [3.05, 3.63) is 25.3 Å². The average molecular weight is 298 g/mol. The first kappa shape index (κ1) is 19.1. The van der Waals surface area contributed by atoms with Crippen molar-refractivity contribution >= 4 is 14.3 Å². The monoisotopic (exact) mass is 298 g/mol. The quantitative estimate of drug-likeness (QED) is 0.377. The molecule has 0 aliphatic rings. The van der Waals surface area contributed by atoms with Crippen LogP contribution in [0.2, 0.25) is 18.1 Å². The van der Waals surface area contributed by atoms with Crippen LogP contribution in [-0.4, -0.2) is 26.5 Å². The first-order chi connectivity index (χ1) is 9.03. The first-order valence-corrected chi connectivity index (χ1v) is 10.0. The summed E-state index contributed by atoms with van der Waals surface area (Å²) in [7, 11) is -1.91. The van der Waals surface area contributed by atoms with E-state index in [1.54, 1.807) is 12.2 Å². The van der Waals surface area contributed by atoms with Crippen LogP contribution in [0.4, 0.5) is 0 Å². The van der Waals surface area contributed by atoms with Gasteiger partial charge in [0.1, 0.15) is 6.10 Å². The van der Waals surface area contributed by atoms with E-state index in [1.807, 2.05) is 6.92 Å². The van der Waals surface area contributed by atoms with Crippen LogP contribution < -0.4 is 0 Å². The van der Waals surface area contributed by atoms with Crippen molar-refractivity contribution in [1.82, 2.24) is 0 Å². The summed E-state index contributed by atoms with van der Waals surface area (Å²) >= 11 is 0. The molecule has 0 aliphatic heterocycles. The van der Waals surface area contributed by atoms with Crippen LogP contribution in [0.15, 0.2) is 25.3 Å². The zero-order valence-electron chi connectivity index (χ0n) is 13.9. The smallest absolute Gasteiger partial charge is 0.308 e. The lowest BCUT2D eigenvalue weighted by molar-refractivity contribution is -0.149. The Labute approximate surface area is 125 Å². The van der Waals surface area contributed by atoms with Crippen LogP contribution in [0, 0.1) is 0 Å². The van der Waals surface area contributed by atoms with E-state index in [4.69, 9.17) is 9.16 Å². The normalized spacial score (nSPS) is 15.3. The van der Waals surface area contributed by atoms with E-state index in [2.05, 4.69) is 47.0 Å². The molecule has 4 heteroatoms. The van der Waals surface area contributed by atoms with E-state index >= 15 is 0 Å². The van der Waals surface area contributed by atoms with Crippen molar-refractivity contribution in [2.45, 2.75) is 70.9 Å². The molecular formula is C16H30O3Si. The van der Waals surface area contributed by atoms with Gasteiger partial charge in [-0.15, -0.1) is 13.2 Å². The van der Waals surface area contributed by atoms with Gasteiger partial charge in [-0.05, 0) is 25.1 Å². The molecule has 0 saturated carbocycles. The minimum absolute atomic E-state index is 0.105. The van der Waals surface area contributed by atoms with Crippen LogP contribution in [0.3, 0.4) is 0 Å². The van der Waals surface area contributed by atoms with Gasteiger partial charge in [0, 0.05) is 6.42 Å². The maximum Gasteiger partial charge on any atom is 0.308 e. The summed E-state index contributed by atoms with van der Waals surface area (Å²) in [4.78, 5) is 11.9. The highest BCUT2D eigenvalue weighted by molar-refractivity contribution is 6.74. The van der Waals surface area contributed by atoms with Crippen molar-refractivity contribution in [2.24, 2.45) is 0 Å². The van der Waals surface area contributed by atoms with Gasteiger partial charge in [-0.3, -0.25) is 4.79 Å². The van der Waals surface area contributed by atoms with Gasteiger partial charge in [-0.25, -0.2) is 0 Å². The van der Waals surface area contributed by atoms with Gasteiger partial charge in [0.05, 0.1) is 12.5 Å². The molecule has 0 unspecified atom stereocenters. The highest BCUT2D eigenvalue weighted by Gasteiger charge is 2.39. The predicted molar refractivity (Wildman–Crippen MR) is 87.3 cm³/mol. The average Bonchev–Trinajstić information content (AvgIpc) is 2.26. The second-order valence-electron chi connectivity index (χ2n) is 6.68. The highest BCUT2D eigenvalue weighted by atomic mass is 28.4. The Morgan fingerprint density at radius 3 is 2.25 bits per heavy atom. The second-order valence-corrected chi connectivity index (χ2v) is 11.4. The molecule has 0 rings (SSSR count). The number of rotatable bonds is 8. The summed E-state index contributed by atoms with van der Waals surface area (Å²) in [6.45, 7) is 20.1. The molecule has 0 N–H and O–H groups in total. The summed E-state index contributed by atoms with van der Waals surface area (Å²) in [5.41, 5.74) is 0. The van der Waals surface area contributed by atoms with Gasteiger partial charge in [-0.1, -0.05) is 32.9 Å². The minimum Gasteiger partial charge on any atom is -0.462 e. The van der Waals surface area contributed by atoms with Crippen molar-refractivity contribution in [3.8, 4) is 0 Å². The predicted octanol–water partition coefficient (Wildman–Crippen LogP) is 4.46. The van der Waals surface area contributed by atoms with Crippen LogP contribution in [0.5, 0.6) is 0 Å². The molecule has 20 heavy (non-hydrogen) atoms. The lowest BCUT2D eigenvalue weighted by atomic mass is 10.2. The number of carbonyl (C=O) groups excluding carboxylic acids is 1. The number of ether oxygens (including phenoxy) is 1. The summed E-state index contributed by atoms with van der Waals surface area (Å²) in [5, 5.41) is 0.105. The Hall–Kier alpha value is -0.873. The van der Waals surface area contributed by atoms with Crippen molar-refractivity contribution < 1.29 is 14.0 Å². The molecule has 0 spiro atoms. The minimum atomic E-state index is -1.91. The van der Waals surface area contributed by atoms with E-state index < -0.39 is 8.32 Å². The lowest BCUT2D eigenvalue weighted by Crippen LogP contribution is -2.44. The third kappa shape index (κ3) is 6.53. The topological polar surface area (TPSA) is 35.5 Å². The van der Waals surface area contributed by atoms with Gasteiger partial charge >= 0.3 is 5.97 Å². The number of carbonyl (C=O) groups is 1.